The van der Waals surface area contributed by atoms with E-state index in [1.807, 2.05) is 0 Å². The van der Waals surface area contributed by atoms with Gasteiger partial charge in [-0.1, -0.05) is 13.8 Å². The van der Waals surface area contributed by atoms with Crippen molar-refractivity contribution in [1.82, 2.24) is 10.2 Å². The molecule has 1 unspecified atom stereocenters. The Morgan fingerprint density at radius 3 is 2.29 bits per heavy atom. The van der Waals surface area contributed by atoms with Gasteiger partial charge in [0.05, 0.1) is 0 Å². The second-order valence-electron chi connectivity index (χ2n) is 3.70. The quantitative estimate of drug-likeness (QED) is 0.814. The van der Waals surface area contributed by atoms with Crippen molar-refractivity contribution in [3.63, 3.8) is 0 Å². The molecule has 0 radical (unpaired) electrons. The predicted octanol–water partition coefficient (Wildman–Crippen LogP) is 2.17. The first-order valence-electron chi connectivity index (χ1n) is 5.29. The van der Waals surface area contributed by atoms with Crippen molar-refractivity contribution in [1.29, 1.82) is 0 Å². The van der Waals surface area contributed by atoms with Gasteiger partial charge in [0.1, 0.15) is 0 Å². The summed E-state index contributed by atoms with van der Waals surface area (Å²) in [7, 11) is 0. The molecule has 0 amide bonds. The predicted molar refractivity (Wildman–Crippen MR) is 67.9 cm³/mol. The molecule has 0 spiro atoms. The summed E-state index contributed by atoms with van der Waals surface area (Å²) < 4.78 is 0. The Morgan fingerprint density at radius 2 is 1.86 bits per heavy atom. The Kier molecular flexibility index (Phi) is 12.1. The topological polar surface area (TPSA) is 15.3 Å². The average molecular weight is 243 g/mol. The molecule has 1 fully saturated rings. The van der Waals surface area contributed by atoms with E-state index in [4.69, 9.17) is 0 Å². The van der Waals surface area contributed by atoms with Gasteiger partial charge in [-0.2, -0.15) is 0 Å². The average Bonchev–Trinajstić information content (AvgIpc) is 2.16. The van der Waals surface area contributed by atoms with Crippen LogP contribution in [0.4, 0.5) is 0 Å². The van der Waals surface area contributed by atoms with Crippen molar-refractivity contribution in [3.8, 4) is 0 Å². The maximum atomic E-state index is 3.46. The molecule has 1 atom stereocenters. The Bertz CT molecular complexity index is 113. The molecule has 0 aromatic carbocycles. The van der Waals surface area contributed by atoms with Crippen LogP contribution in [0.15, 0.2) is 0 Å². The zero-order valence-corrected chi connectivity index (χ0v) is 10.9. The molecule has 1 N–H and O–H groups in total. The van der Waals surface area contributed by atoms with E-state index in [1.165, 1.54) is 45.6 Å². The van der Waals surface area contributed by atoms with Crippen LogP contribution in [-0.2, 0) is 0 Å². The van der Waals surface area contributed by atoms with E-state index in [2.05, 4.69) is 24.1 Å². The summed E-state index contributed by atoms with van der Waals surface area (Å²) in [6.07, 6.45) is 2.79. The molecule has 0 aliphatic carbocycles. The molecule has 0 bridgehead atoms. The normalized spacial score (nSPS) is 21.2. The monoisotopic (exact) mass is 242 g/mol. The van der Waals surface area contributed by atoms with E-state index in [0.29, 0.717) is 0 Å². The number of halogens is 2. The lowest BCUT2D eigenvalue weighted by molar-refractivity contribution is 0.225. The fraction of sp³-hybridized carbons (Fsp3) is 1.00. The molecular formula is C10H24Cl2N2. The first-order valence-corrected chi connectivity index (χ1v) is 5.29. The second-order valence-corrected chi connectivity index (χ2v) is 3.70. The van der Waals surface area contributed by atoms with Crippen LogP contribution in [-0.4, -0.2) is 37.6 Å². The number of hydrogen-bond acceptors (Lipinski definition) is 2. The minimum atomic E-state index is 0. The Hall–Kier alpha value is 0.500. The van der Waals surface area contributed by atoms with E-state index in [-0.39, 0.29) is 24.8 Å². The highest BCUT2D eigenvalue weighted by atomic mass is 35.5. The van der Waals surface area contributed by atoms with Gasteiger partial charge in [-0.15, -0.1) is 24.8 Å². The Morgan fingerprint density at radius 1 is 1.21 bits per heavy atom. The number of hydrogen-bond donors (Lipinski definition) is 1. The highest BCUT2D eigenvalue weighted by molar-refractivity contribution is 5.85. The molecule has 4 heteroatoms. The first kappa shape index (κ1) is 16.9. The minimum absolute atomic E-state index is 0. The molecule has 1 rings (SSSR count). The molecule has 0 aromatic rings. The fourth-order valence-corrected chi connectivity index (χ4v) is 1.93. The third kappa shape index (κ3) is 6.07. The summed E-state index contributed by atoms with van der Waals surface area (Å²) >= 11 is 0. The standard InChI is InChI=1S/C10H22N2.2ClH/c1-3-12(4-2)9-10-6-5-7-11-8-10;;/h10-11H,3-9H2,1-2H3;2*1H. The smallest absolute Gasteiger partial charge is 0.00216 e. The van der Waals surface area contributed by atoms with Gasteiger partial charge >= 0.3 is 0 Å². The summed E-state index contributed by atoms with van der Waals surface area (Å²) in [5.41, 5.74) is 0. The summed E-state index contributed by atoms with van der Waals surface area (Å²) in [6, 6.07) is 0. The molecule has 88 valence electrons. The largest absolute Gasteiger partial charge is 0.316 e. The van der Waals surface area contributed by atoms with Crippen molar-refractivity contribution in [2.45, 2.75) is 26.7 Å². The zero-order chi connectivity index (χ0) is 8.81. The van der Waals surface area contributed by atoms with Gasteiger partial charge in [-0.3, -0.25) is 0 Å². The maximum Gasteiger partial charge on any atom is 0.00216 e. The number of nitrogens with one attached hydrogen (secondary N) is 1. The highest BCUT2D eigenvalue weighted by Gasteiger charge is 2.14. The molecule has 2 nitrogen and oxygen atoms in total. The van der Waals surface area contributed by atoms with E-state index in [1.54, 1.807) is 0 Å². The second kappa shape index (κ2) is 10.0. The van der Waals surface area contributed by atoms with Crippen LogP contribution in [0.1, 0.15) is 26.7 Å². The molecule has 1 aliphatic heterocycles. The highest BCUT2D eigenvalue weighted by Crippen LogP contribution is 2.11. The Balaban J connectivity index is 0. The van der Waals surface area contributed by atoms with Crippen molar-refractivity contribution in [2.75, 3.05) is 32.7 Å². The summed E-state index contributed by atoms with van der Waals surface area (Å²) in [4.78, 5) is 2.53. The SMILES string of the molecule is CCN(CC)CC1CCCNC1.Cl.Cl. The molecule has 0 saturated carbocycles. The van der Waals surface area contributed by atoms with Gasteiger partial charge < -0.3 is 10.2 Å². The maximum absolute atomic E-state index is 3.46. The van der Waals surface area contributed by atoms with E-state index in [9.17, 15) is 0 Å². The number of nitrogens with zero attached hydrogens (tertiary/aromatic N) is 1. The van der Waals surface area contributed by atoms with Crippen LogP contribution in [0.2, 0.25) is 0 Å². The number of rotatable bonds is 4. The van der Waals surface area contributed by atoms with Crippen LogP contribution in [0, 0.1) is 5.92 Å². The number of piperidine rings is 1. The van der Waals surface area contributed by atoms with E-state index < -0.39 is 0 Å². The minimum Gasteiger partial charge on any atom is -0.316 e. The van der Waals surface area contributed by atoms with Crippen LogP contribution in [0.25, 0.3) is 0 Å². The third-order valence-corrected chi connectivity index (χ3v) is 2.81. The van der Waals surface area contributed by atoms with Gasteiger partial charge in [-0.25, -0.2) is 0 Å². The van der Waals surface area contributed by atoms with Crippen LogP contribution in [0.3, 0.4) is 0 Å². The van der Waals surface area contributed by atoms with Crippen LogP contribution < -0.4 is 5.32 Å². The van der Waals surface area contributed by atoms with Gasteiger partial charge in [0, 0.05) is 6.54 Å². The lowest BCUT2D eigenvalue weighted by atomic mass is 9.99. The lowest BCUT2D eigenvalue weighted by Crippen LogP contribution is -2.38. The van der Waals surface area contributed by atoms with Crippen molar-refractivity contribution in [2.24, 2.45) is 5.92 Å². The van der Waals surface area contributed by atoms with Gasteiger partial charge in [0.15, 0.2) is 0 Å². The van der Waals surface area contributed by atoms with Gasteiger partial charge in [0.25, 0.3) is 0 Å². The Labute approximate surface area is 101 Å². The van der Waals surface area contributed by atoms with Crippen LogP contribution >= 0.6 is 24.8 Å². The third-order valence-electron chi connectivity index (χ3n) is 2.81. The van der Waals surface area contributed by atoms with Gasteiger partial charge in [-0.05, 0) is 44.9 Å². The van der Waals surface area contributed by atoms with Gasteiger partial charge in [0.2, 0.25) is 0 Å². The van der Waals surface area contributed by atoms with Crippen molar-refractivity contribution < 1.29 is 0 Å². The summed E-state index contributed by atoms with van der Waals surface area (Å²) in [5, 5.41) is 3.46. The molecule has 0 aromatic heterocycles. The van der Waals surface area contributed by atoms with E-state index in [0.717, 1.165) is 5.92 Å². The van der Waals surface area contributed by atoms with Crippen molar-refractivity contribution in [3.05, 3.63) is 0 Å². The zero-order valence-electron chi connectivity index (χ0n) is 9.29. The first-order chi connectivity index (χ1) is 5.86. The molecule has 14 heavy (non-hydrogen) atoms. The molecule has 1 aliphatic rings. The fourth-order valence-electron chi connectivity index (χ4n) is 1.93. The molecular weight excluding hydrogens is 219 g/mol. The van der Waals surface area contributed by atoms with Crippen LogP contribution in [0.5, 0.6) is 0 Å². The molecule has 1 heterocycles. The molecule has 1 saturated heterocycles. The lowest BCUT2D eigenvalue weighted by Gasteiger charge is -2.28. The van der Waals surface area contributed by atoms with E-state index >= 15 is 0 Å². The summed E-state index contributed by atoms with van der Waals surface area (Å²) in [6.45, 7) is 10.7. The summed E-state index contributed by atoms with van der Waals surface area (Å²) in [5.74, 6) is 0.902. The van der Waals surface area contributed by atoms with Crippen molar-refractivity contribution >= 4 is 24.8 Å².